The molecule has 0 saturated carbocycles. The van der Waals surface area contributed by atoms with Crippen molar-refractivity contribution in [3.8, 4) is 0 Å². The zero-order valence-corrected chi connectivity index (χ0v) is 13.3. The molecule has 5 nitrogen and oxygen atoms in total. The number of carbonyl (C=O) groups excluding carboxylic acids is 1. The van der Waals surface area contributed by atoms with E-state index in [1.807, 2.05) is 26.0 Å². The number of rotatable bonds is 9. The monoisotopic (exact) mass is 293 g/mol. The van der Waals surface area contributed by atoms with E-state index in [0.29, 0.717) is 19.7 Å². The molecule has 0 fully saturated rings. The molecule has 0 spiro atoms. The lowest BCUT2D eigenvalue weighted by atomic mass is 10.2. The van der Waals surface area contributed by atoms with Gasteiger partial charge in [-0.2, -0.15) is 0 Å². The van der Waals surface area contributed by atoms with Crippen LogP contribution in [0.25, 0.3) is 0 Å². The van der Waals surface area contributed by atoms with Gasteiger partial charge in [0.25, 0.3) is 0 Å². The van der Waals surface area contributed by atoms with Gasteiger partial charge in [-0.05, 0) is 38.9 Å². The number of carbonyl (C=O) groups is 1. The number of aryl methyl sites for hydroxylation is 1. The fourth-order valence-corrected chi connectivity index (χ4v) is 2.12. The number of nitrogens with two attached hydrogens (primary N) is 1. The molecule has 1 rings (SSSR count). The van der Waals surface area contributed by atoms with Gasteiger partial charge in [0.1, 0.15) is 0 Å². The number of methoxy groups -OCH3 is 1. The number of anilines is 1. The minimum absolute atomic E-state index is 0.00264. The molecule has 0 bridgehead atoms. The van der Waals surface area contributed by atoms with Gasteiger partial charge < -0.3 is 20.7 Å². The van der Waals surface area contributed by atoms with E-state index in [4.69, 9.17) is 10.5 Å². The third-order valence-corrected chi connectivity index (χ3v) is 3.19. The Morgan fingerprint density at radius 2 is 2.05 bits per heavy atom. The second-order valence-corrected chi connectivity index (χ2v) is 5.32. The SMILES string of the molecule is COCC(C)NC(=O)CN(CCCN)c1ccc(C)cc1. The highest BCUT2D eigenvalue weighted by atomic mass is 16.5. The van der Waals surface area contributed by atoms with Gasteiger partial charge in [-0.3, -0.25) is 4.79 Å². The fourth-order valence-electron chi connectivity index (χ4n) is 2.12. The Balaban J connectivity index is 2.65. The van der Waals surface area contributed by atoms with Crippen molar-refractivity contribution in [3.63, 3.8) is 0 Å². The summed E-state index contributed by atoms with van der Waals surface area (Å²) in [5.74, 6) is -0.00264. The van der Waals surface area contributed by atoms with Crippen LogP contribution in [0.3, 0.4) is 0 Å². The van der Waals surface area contributed by atoms with Crippen LogP contribution < -0.4 is 16.0 Å². The van der Waals surface area contributed by atoms with Crippen LogP contribution >= 0.6 is 0 Å². The summed E-state index contributed by atoms with van der Waals surface area (Å²) in [5.41, 5.74) is 7.84. The van der Waals surface area contributed by atoms with Crippen molar-refractivity contribution >= 4 is 11.6 Å². The second-order valence-electron chi connectivity index (χ2n) is 5.32. The molecule has 1 atom stereocenters. The first-order valence-electron chi connectivity index (χ1n) is 7.36. The van der Waals surface area contributed by atoms with Crippen molar-refractivity contribution in [2.45, 2.75) is 26.3 Å². The summed E-state index contributed by atoms with van der Waals surface area (Å²) in [6.45, 7) is 6.20. The number of hydrogen-bond donors (Lipinski definition) is 2. The Bertz CT molecular complexity index is 420. The molecule has 0 radical (unpaired) electrons. The molecule has 1 unspecified atom stereocenters. The molecule has 0 aliphatic carbocycles. The predicted molar refractivity (Wildman–Crippen MR) is 86.5 cm³/mol. The van der Waals surface area contributed by atoms with Gasteiger partial charge >= 0.3 is 0 Å². The van der Waals surface area contributed by atoms with Crippen LogP contribution in [0.4, 0.5) is 5.69 Å². The number of amides is 1. The fraction of sp³-hybridized carbons (Fsp3) is 0.562. The van der Waals surface area contributed by atoms with E-state index in [2.05, 4.69) is 22.3 Å². The molecular weight excluding hydrogens is 266 g/mol. The maximum absolute atomic E-state index is 12.1. The largest absolute Gasteiger partial charge is 0.383 e. The Hall–Kier alpha value is -1.59. The van der Waals surface area contributed by atoms with Crippen LogP contribution in [-0.2, 0) is 9.53 Å². The Morgan fingerprint density at radius 1 is 1.38 bits per heavy atom. The van der Waals surface area contributed by atoms with Crippen molar-refractivity contribution in [2.75, 3.05) is 38.3 Å². The van der Waals surface area contributed by atoms with Crippen LogP contribution in [0.1, 0.15) is 18.9 Å². The standard InChI is InChI=1S/C16H27N3O2/c1-13-5-7-15(8-6-13)19(10-4-9-17)11-16(20)18-14(2)12-21-3/h5-8,14H,4,9-12,17H2,1-3H3,(H,18,20). The molecule has 5 heteroatoms. The second kappa shape index (κ2) is 9.37. The highest BCUT2D eigenvalue weighted by Gasteiger charge is 2.13. The summed E-state index contributed by atoms with van der Waals surface area (Å²) in [6, 6.07) is 8.19. The maximum atomic E-state index is 12.1. The van der Waals surface area contributed by atoms with Gasteiger partial charge in [-0.25, -0.2) is 0 Å². The van der Waals surface area contributed by atoms with Gasteiger partial charge in [0, 0.05) is 25.4 Å². The zero-order valence-electron chi connectivity index (χ0n) is 13.3. The Labute approximate surface area is 127 Å². The third kappa shape index (κ3) is 6.60. The minimum atomic E-state index is -0.00264. The summed E-state index contributed by atoms with van der Waals surface area (Å²) in [6.07, 6.45) is 0.856. The van der Waals surface area contributed by atoms with Crippen LogP contribution in [-0.4, -0.2) is 45.3 Å². The third-order valence-electron chi connectivity index (χ3n) is 3.19. The van der Waals surface area contributed by atoms with Gasteiger partial charge in [-0.15, -0.1) is 0 Å². The molecule has 21 heavy (non-hydrogen) atoms. The lowest BCUT2D eigenvalue weighted by molar-refractivity contribution is -0.120. The molecular formula is C16H27N3O2. The summed E-state index contributed by atoms with van der Waals surface area (Å²) in [5, 5.41) is 2.93. The van der Waals surface area contributed by atoms with E-state index in [1.165, 1.54) is 5.56 Å². The van der Waals surface area contributed by atoms with E-state index >= 15 is 0 Å². The van der Waals surface area contributed by atoms with Gasteiger partial charge in [-0.1, -0.05) is 17.7 Å². The smallest absolute Gasteiger partial charge is 0.239 e. The molecule has 3 N–H and O–H groups in total. The Morgan fingerprint density at radius 3 is 2.62 bits per heavy atom. The first-order chi connectivity index (χ1) is 10.1. The molecule has 0 aliphatic heterocycles. The molecule has 0 aromatic heterocycles. The van der Waals surface area contributed by atoms with Crippen molar-refractivity contribution in [2.24, 2.45) is 5.73 Å². The molecule has 1 amide bonds. The molecule has 0 saturated heterocycles. The predicted octanol–water partition coefficient (Wildman–Crippen LogP) is 1.30. The van der Waals surface area contributed by atoms with Gasteiger partial charge in [0.2, 0.25) is 5.91 Å². The summed E-state index contributed by atoms with van der Waals surface area (Å²) in [7, 11) is 1.63. The lowest BCUT2D eigenvalue weighted by Crippen LogP contribution is -2.43. The number of nitrogens with one attached hydrogen (secondary N) is 1. The number of benzene rings is 1. The molecule has 118 valence electrons. The number of ether oxygens (including phenoxy) is 1. The van der Waals surface area contributed by atoms with Crippen LogP contribution in [0, 0.1) is 6.92 Å². The van der Waals surface area contributed by atoms with E-state index in [1.54, 1.807) is 7.11 Å². The Kier molecular flexibility index (Phi) is 7.79. The first-order valence-corrected chi connectivity index (χ1v) is 7.36. The van der Waals surface area contributed by atoms with E-state index < -0.39 is 0 Å². The summed E-state index contributed by atoms with van der Waals surface area (Å²) >= 11 is 0. The summed E-state index contributed by atoms with van der Waals surface area (Å²) in [4.78, 5) is 14.2. The maximum Gasteiger partial charge on any atom is 0.239 e. The van der Waals surface area contributed by atoms with Gasteiger partial charge in [0.05, 0.1) is 13.2 Å². The number of hydrogen-bond acceptors (Lipinski definition) is 4. The average molecular weight is 293 g/mol. The first kappa shape index (κ1) is 17.5. The molecule has 0 heterocycles. The normalized spacial score (nSPS) is 12.0. The average Bonchev–Trinajstić information content (AvgIpc) is 2.44. The minimum Gasteiger partial charge on any atom is -0.383 e. The number of nitrogens with zero attached hydrogens (tertiary/aromatic N) is 1. The van der Waals surface area contributed by atoms with Crippen LogP contribution in [0.5, 0.6) is 0 Å². The lowest BCUT2D eigenvalue weighted by Gasteiger charge is -2.25. The van der Waals surface area contributed by atoms with E-state index in [-0.39, 0.29) is 11.9 Å². The quantitative estimate of drug-likeness (QED) is 0.720. The summed E-state index contributed by atoms with van der Waals surface area (Å²) < 4.78 is 5.03. The highest BCUT2D eigenvalue weighted by molar-refractivity contribution is 5.81. The van der Waals surface area contributed by atoms with Crippen molar-refractivity contribution < 1.29 is 9.53 Å². The van der Waals surface area contributed by atoms with Gasteiger partial charge in [0.15, 0.2) is 0 Å². The zero-order chi connectivity index (χ0) is 15.7. The van der Waals surface area contributed by atoms with Crippen molar-refractivity contribution in [1.29, 1.82) is 0 Å². The molecule has 0 aliphatic rings. The highest BCUT2D eigenvalue weighted by Crippen LogP contribution is 2.15. The van der Waals surface area contributed by atoms with E-state index in [0.717, 1.165) is 18.7 Å². The van der Waals surface area contributed by atoms with Crippen molar-refractivity contribution in [1.82, 2.24) is 5.32 Å². The topological polar surface area (TPSA) is 67.6 Å². The van der Waals surface area contributed by atoms with Crippen molar-refractivity contribution in [3.05, 3.63) is 29.8 Å². The molecule has 1 aromatic rings. The molecule has 1 aromatic carbocycles. The van der Waals surface area contributed by atoms with Crippen LogP contribution in [0.2, 0.25) is 0 Å². The van der Waals surface area contributed by atoms with Crippen LogP contribution in [0.15, 0.2) is 24.3 Å². The van der Waals surface area contributed by atoms with E-state index in [9.17, 15) is 4.79 Å².